The number of nitrogens with zero attached hydrogens (tertiary/aromatic N) is 2. The van der Waals surface area contributed by atoms with Gasteiger partial charge in [0.15, 0.2) is 0 Å². The Balaban J connectivity index is 1.80. The standard InChI is InChI=1S/C14H20N2OS/c1-16(12-7-3-2-4-8-12)14(17)11-18-13-9-5-6-10-15-13/h5-6,9-10,12H,2-4,7-8,11H2,1H3. The zero-order chi connectivity index (χ0) is 12.8. The molecule has 0 radical (unpaired) electrons. The molecule has 1 fully saturated rings. The largest absolute Gasteiger partial charge is 0.342 e. The predicted octanol–water partition coefficient (Wildman–Crippen LogP) is 2.96. The Bertz CT molecular complexity index is 377. The van der Waals surface area contributed by atoms with Crippen molar-refractivity contribution < 1.29 is 4.79 Å². The summed E-state index contributed by atoms with van der Waals surface area (Å²) >= 11 is 1.52. The molecule has 0 bridgehead atoms. The lowest BCUT2D eigenvalue weighted by molar-refractivity contribution is -0.129. The van der Waals surface area contributed by atoms with Gasteiger partial charge in [-0.2, -0.15) is 0 Å². The highest BCUT2D eigenvalue weighted by Crippen LogP contribution is 2.23. The summed E-state index contributed by atoms with van der Waals surface area (Å²) in [5.41, 5.74) is 0. The average Bonchev–Trinajstić information content (AvgIpc) is 2.46. The molecule has 0 aromatic carbocycles. The Labute approximate surface area is 113 Å². The van der Waals surface area contributed by atoms with Crippen LogP contribution in [0.4, 0.5) is 0 Å². The molecule has 1 amide bonds. The van der Waals surface area contributed by atoms with E-state index in [2.05, 4.69) is 4.98 Å². The minimum Gasteiger partial charge on any atom is -0.342 e. The summed E-state index contributed by atoms with van der Waals surface area (Å²) in [6, 6.07) is 6.24. The van der Waals surface area contributed by atoms with Crippen LogP contribution in [-0.4, -0.2) is 34.6 Å². The maximum atomic E-state index is 12.1. The van der Waals surface area contributed by atoms with E-state index in [4.69, 9.17) is 0 Å². The second-order valence-electron chi connectivity index (χ2n) is 4.75. The number of amides is 1. The molecule has 0 N–H and O–H groups in total. The van der Waals surface area contributed by atoms with Crippen molar-refractivity contribution >= 4 is 17.7 Å². The molecule has 0 aliphatic heterocycles. The number of rotatable bonds is 4. The first kappa shape index (κ1) is 13.4. The molecular weight excluding hydrogens is 244 g/mol. The van der Waals surface area contributed by atoms with Crippen LogP contribution in [0.3, 0.4) is 0 Å². The van der Waals surface area contributed by atoms with Gasteiger partial charge in [-0.05, 0) is 25.0 Å². The van der Waals surface area contributed by atoms with E-state index in [9.17, 15) is 4.79 Å². The summed E-state index contributed by atoms with van der Waals surface area (Å²) in [4.78, 5) is 18.2. The van der Waals surface area contributed by atoms with Crippen molar-refractivity contribution in [2.24, 2.45) is 0 Å². The van der Waals surface area contributed by atoms with Gasteiger partial charge in [0.2, 0.25) is 5.91 Å². The number of aromatic nitrogens is 1. The number of hydrogen-bond donors (Lipinski definition) is 0. The van der Waals surface area contributed by atoms with Crippen LogP contribution >= 0.6 is 11.8 Å². The number of pyridine rings is 1. The monoisotopic (exact) mass is 264 g/mol. The van der Waals surface area contributed by atoms with Crippen LogP contribution in [0.5, 0.6) is 0 Å². The van der Waals surface area contributed by atoms with Crippen molar-refractivity contribution in [2.75, 3.05) is 12.8 Å². The predicted molar refractivity (Wildman–Crippen MR) is 74.6 cm³/mol. The van der Waals surface area contributed by atoms with Gasteiger partial charge in [0.1, 0.15) is 0 Å². The van der Waals surface area contributed by atoms with Gasteiger partial charge in [-0.15, -0.1) is 0 Å². The van der Waals surface area contributed by atoms with Crippen LogP contribution in [-0.2, 0) is 4.79 Å². The van der Waals surface area contributed by atoms with Crippen LogP contribution in [0.1, 0.15) is 32.1 Å². The van der Waals surface area contributed by atoms with Gasteiger partial charge in [-0.25, -0.2) is 4.98 Å². The van der Waals surface area contributed by atoms with Gasteiger partial charge in [0.25, 0.3) is 0 Å². The van der Waals surface area contributed by atoms with Crippen molar-refractivity contribution in [1.82, 2.24) is 9.88 Å². The average molecular weight is 264 g/mol. The van der Waals surface area contributed by atoms with Crippen LogP contribution in [0.25, 0.3) is 0 Å². The molecule has 1 heterocycles. The fraction of sp³-hybridized carbons (Fsp3) is 0.571. The summed E-state index contributed by atoms with van der Waals surface area (Å²) in [6.07, 6.45) is 7.93. The number of thioether (sulfide) groups is 1. The summed E-state index contributed by atoms with van der Waals surface area (Å²) in [5.74, 6) is 0.710. The third-order valence-corrected chi connectivity index (χ3v) is 4.43. The highest BCUT2D eigenvalue weighted by atomic mass is 32.2. The van der Waals surface area contributed by atoms with E-state index < -0.39 is 0 Å². The third kappa shape index (κ3) is 3.73. The molecule has 18 heavy (non-hydrogen) atoms. The van der Waals surface area contributed by atoms with Gasteiger partial charge in [-0.3, -0.25) is 4.79 Å². The van der Waals surface area contributed by atoms with E-state index in [0.29, 0.717) is 11.8 Å². The number of carbonyl (C=O) groups excluding carboxylic acids is 1. The molecular formula is C14H20N2OS. The topological polar surface area (TPSA) is 33.2 Å². The summed E-state index contributed by atoms with van der Waals surface area (Å²) in [5, 5.41) is 0.919. The van der Waals surface area contributed by atoms with Crippen LogP contribution < -0.4 is 0 Å². The fourth-order valence-corrected chi connectivity index (χ4v) is 3.13. The molecule has 98 valence electrons. The Morgan fingerprint density at radius 3 is 2.83 bits per heavy atom. The first-order valence-electron chi connectivity index (χ1n) is 6.57. The second-order valence-corrected chi connectivity index (χ2v) is 5.75. The number of hydrogen-bond acceptors (Lipinski definition) is 3. The van der Waals surface area contributed by atoms with Crippen LogP contribution in [0, 0.1) is 0 Å². The lowest BCUT2D eigenvalue weighted by Crippen LogP contribution is -2.39. The minimum absolute atomic E-state index is 0.220. The van der Waals surface area contributed by atoms with Crippen LogP contribution in [0.15, 0.2) is 29.4 Å². The highest BCUT2D eigenvalue weighted by Gasteiger charge is 2.21. The zero-order valence-electron chi connectivity index (χ0n) is 10.8. The molecule has 1 aliphatic rings. The van der Waals surface area contributed by atoms with E-state index in [1.54, 1.807) is 6.20 Å². The van der Waals surface area contributed by atoms with Crippen molar-refractivity contribution in [3.63, 3.8) is 0 Å². The first-order valence-corrected chi connectivity index (χ1v) is 7.55. The van der Waals surface area contributed by atoms with Gasteiger partial charge < -0.3 is 4.90 Å². The molecule has 0 unspecified atom stereocenters. The second kappa shape index (κ2) is 6.78. The SMILES string of the molecule is CN(C(=O)CSc1ccccn1)C1CCCCC1. The Kier molecular flexibility index (Phi) is 5.05. The summed E-state index contributed by atoms with van der Waals surface area (Å²) in [7, 11) is 1.94. The van der Waals surface area contributed by atoms with Gasteiger partial charge >= 0.3 is 0 Å². The molecule has 2 rings (SSSR count). The lowest BCUT2D eigenvalue weighted by atomic mass is 9.94. The zero-order valence-corrected chi connectivity index (χ0v) is 11.7. The van der Waals surface area contributed by atoms with Crippen molar-refractivity contribution in [2.45, 2.75) is 43.2 Å². The quantitative estimate of drug-likeness (QED) is 0.784. The Hall–Kier alpha value is -1.03. The van der Waals surface area contributed by atoms with E-state index in [1.807, 2.05) is 30.1 Å². The highest BCUT2D eigenvalue weighted by molar-refractivity contribution is 7.99. The lowest BCUT2D eigenvalue weighted by Gasteiger charge is -2.31. The van der Waals surface area contributed by atoms with Crippen LogP contribution in [0.2, 0.25) is 0 Å². The molecule has 1 saturated carbocycles. The molecule has 0 spiro atoms. The van der Waals surface area contributed by atoms with E-state index in [0.717, 1.165) is 17.9 Å². The minimum atomic E-state index is 0.220. The smallest absolute Gasteiger partial charge is 0.232 e. The Morgan fingerprint density at radius 1 is 1.39 bits per heavy atom. The molecule has 0 saturated heterocycles. The van der Waals surface area contributed by atoms with Crippen molar-refractivity contribution in [3.8, 4) is 0 Å². The van der Waals surface area contributed by atoms with Crippen molar-refractivity contribution in [1.29, 1.82) is 0 Å². The first-order chi connectivity index (χ1) is 8.77. The van der Waals surface area contributed by atoms with E-state index in [1.165, 1.54) is 31.0 Å². The Morgan fingerprint density at radius 2 is 2.17 bits per heavy atom. The van der Waals surface area contributed by atoms with Gasteiger partial charge in [0, 0.05) is 19.3 Å². The molecule has 1 aromatic rings. The molecule has 1 aliphatic carbocycles. The molecule has 4 heteroatoms. The molecule has 0 atom stereocenters. The number of carbonyl (C=O) groups is 1. The maximum absolute atomic E-state index is 12.1. The normalized spacial score (nSPS) is 16.5. The summed E-state index contributed by atoms with van der Waals surface area (Å²) < 4.78 is 0. The third-order valence-electron chi connectivity index (χ3n) is 3.50. The van der Waals surface area contributed by atoms with Gasteiger partial charge in [-0.1, -0.05) is 37.1 Å². The van der Waals surface area contributed by atoms with E-state index in [-0.39, 0.29) is 5.91 Å². The fourth-order valence-electron chi connectivity index (χ4n) is 2.34. The maximum Gasteiger partial charge on any atom is 0.232 e. The molecule has 1 aromatic heterocycles. The van der Waals surface area contributed by atoms with Crippen molar-refractivity contribution in [3.05, 3.63) is 24.4 Å². The molecule has 3 nitrogen and oxygen atoms in total. The summed E-state index contributed by atoms with van der Waals surface area (Å²) in [6.45, 7) is 0. The van der Waals surface area contributed by atoms with E-state index >= 15 is 0 Å². The van der Waals surface area contributed by atoms with Gasteiger partial charge in [0.05, 0.1) is 10.8 Å².